The number of halogens is 1. The van der Waals surface area contributed by atoms with Crippen LogP contribution in [0.25, 0.3) is 0 Å². The summed E-state index contributed by atoms with van der Waals surface area (Å²) in [6.07, 6.45) is 0. The average Bonchev–Trinajstić information content (AvgIpc) is 2.34. The minimum Gasteiger partial charge on any atom is -0.479 e. The molecule has 2 nitrogen and oxygen atoms in total. The number of rotatable bonds is 0. The minimum absolute atomic E-state index is 0.0655. The van der Waals surface area contributed by atoms with Crippen molar-refractivity contribution in [2.75, 3.05) is 0 Å². The number of fused-ring (bicyclic) bond motifs is 1. The average molecular weight is 269 g/mol. The summed E-state index contributed by atoms with van der Waals surface area (Å²) in [7, 11) is 0. The van der Waals surface area contributed by atoms with E-state index in [0.29, 0.717) is 5.75 Å². The van der Waals surface area contributed by atoms with Gasteiger partial charge in [0.25, 0.3) is 0 Å². The Bertz CT molecular complexity index is 461. The molecule has 1 aliphatic rings. The number of hydrogen-bond donors (Lipinski definition) is 0. The highest BCUT2D eigenvalue weighted by molar-refractivity contribution is 9.10. The zero-order valence-electron chi connectivity index (χ0n) is 9.27. The maximum atomic E-state index is 12.1. The van der Waals surface area contributed by atoms with Gasteiger partial charge in [-0.3, -0.25) is 4.79 Å². The second kappa shape index (κ2) is 3.08. The number of ether oxygens (including phenoxy) is 1. The second-order valence-corrected chi connectivity index (χ2v) is 5.24. The first-order valence-electron chi connectivity index (χ1n) is 4.88. The SMILES string of the molecule is Cc1cc2c(c(C)c1Br)C(=O)C(C)(C)O2. The molecule has 0 amide bonds. The van der Waals surface area contributed by atoms with Gasteiger partial charge in [-0.15, -0.1) is 0 Å². The van der Waals surface area contributed by atoms with Crippen molar-refractivity contribution >= 4 is 21.7 Å². The Morgan fingerprint density at radius 2 is 1.93 bits per heavy atom. The van der Waals surface area contributed by atoms with E-state index in [2.05, 4.69) is 15.9 Å². The van der Waals surface area contributed by atoms with Crippen LogP contribution in [-0.4, -0.2) is 11.4 Å². The van der Waals surface area contributed by atoms with Crippen LogP contribution in [0.4, 0.5) is 0 Å². The number of ketones is 1. The van der Waals surface area contributed by atoms with E-state index in [1.165, 1.54) is 0 Å². The lowest BCUT2D eigenvalue weighted by Crippen LogP contribution is -2.32. The molecule has 1 aromatic carbocycles. The van der Waals surface area contributed by atoms with E-state index in [9.17, 15) is 4.79 Å². The summed E-state index contributed by atoms with van der Waals surface area (Å²) in [5, 5.41) is 0. The summed E-state index contributed by atoms with van der Waals surface area (Å²) >= 11 is 3.49. The molecule has 3 heteroatoms. The van der Waals surface area contributed by atoms with E-state index in [4.69, 9.17) is 4.74 Å². The lowest BCUT2D eigenvalue weighted by Gasteiger charge is -2.14. The van der Waals surface area contributed by atoms with Gasteiger partial charge < -0.3 is 4.74 Å². The van der Waals surface area contributed by atoms with Crippen LogP contribution < -0.4 is 4.74 Å². The van der Waals surface area contributed by atoms with E-state index in [1.54, 1.807) is 13.8 Å². The van der Waals surface area contributed by atoms with Crippen LogP contribution in [0.5, 0.6) is 5.75 Å². The molecule has 0 fully saturated rings. The number of benzene rings is 1. The smallest absolute Gasteiger partial charge is 0.209 e. The van der Waals surface area contributed by atoms with Gasteiger partial charge in [0.15, 0.2) is 5.60 Å². The summed E-state index contributed by atoms with van der Waals surface area (Å²) in [5.41, 5.74) is 2.06. The highest BCUT2D eigenvalue weighted by Crippen LogP contribution is 2.40. The molecule has 0 N–H and O–H groups in total. The molecular formula is C12H13BrO2. The summed E-state index contributed by atoms with van der Waals surface area (Å²) in [5.74, 6) is 0.777. The van der Waals surface area contributed by atoms with Crippen molar-refractivity contribution in [2.24, 2.45) is 0 Å². The van der Waals surface area contributed by atoms with Crippen LogP contribution in [0.3, 0.4) is 0 Å². The fourth-order valence-corrected chi connectivity index (χ4v) is 2.22. The molecule has 0 unspecified atom stereocenters. The van der Waals surface area contributed by atoms with E-state index < -0.39 is 5.60 Å². The van der Waals surface area contributed by atoms with Crippen molar-refractivity contribution in [3.8, 4) is 5.75 Å². The van der Waals surface area contributed by atoms with Crippen LogP contribution in [0.2, 0.25) is 0 Å². The van der Waals surface area contributed by atoms with Crippen LogP contribution >= 0.6 is 15.9 Å². The Hall–Kier alpha value is -0.830. The van der Waals surface area contributed by atoms with Gasteiger partial charge in [0.1, 0.15) is 5.75 Å². The van der Waals surface area contributed by atoms with Gasteiger partial charge in [0, 0.05) is 4.47 Å². The van der Waals surface area contributed by atoms with Crippen molar-refractivity contribution < 1.29 is 9.53 Å². The molecule has 1 aliphatic heterocycles. The quantitative estimate of drug-likeness (QED) is 0.721. The van der Waals surface area contributed by atoms with Gasteiger partial charge >= 0.3 is 0 Å². The van der Waals surface area contributed by atoms with Crippen LogP contribution in [0.1, 0.15) is 35.3 Å². The van der Waals surface area contributed by atoms with Gasteiger partial charge in [-0.25, -0.2) is 0 Å². The normalized spacial score (nSPS) is 17.5. The van der Waals surface area contributed by atoms with Gasteiger partial charge in [0.2, 0.25) is 5.78 Å². The number of aryl methyl sites for hydroxylation is 1. The maximum absolute atomic E-state index is 12.1. The number of Topliss-reactive ketones (excluding diaryl/α,β-unsaturated/α-hetero) is 1. The molecule has 1 heterocycles. The van der Waals surface area contributed by atoms with E-state index >= 15 is 0 Å². The van der Waals surface area contributed by atoms with Crippen molar-refractivity contribution in [3.63, 3.8) is 0 Å². The Labute approximate surface area is 97.8 Å². The van der Waals surface area contributed by atoms with E-state index in [0.717, 1.165) is 21.2 Å². The predicted molar refractivity (Wildman–Crippen MR) is 62.7 cm³/mol. The third-order valence-corrected chi connectivity index (χ3v) is 4.00. The highest BCUT2D eigenvalue weighted by atomic mass is 79.9. The molecule has 1 aromatic rings. The van der Waals surface area contributed by atoms with Crippen molar-refractivity contribution in [2.45, 2.75) is 33.3 Å². The largest absolute Gasteiger partial charge is 0.479 e. The number of carbonyl (C=O) groups excluding carboxylic acids is 1. The van der Waals surface area contributed by atoms with Crippen molar-refractivity contribution in [3.05, 3.63) is 27.2 Å². The van der Waals surface area contributed by atoms with Gasteiger partial charge in [0.05, 0.1) is 5.56 Å². The Kier molecular flexibility index (Phi) is 2.19. The molecule has 0 radical (unpaired) electrons. The highest BCUT2D eigenvalue weighted by Gasteiger charge is 2.41. The van der Waals surface area contributed by atoms with Crippen molar-refractivity contribution in [1.82, 2.24) is 0 Å². The predicted octanol–water partition coefficient (Wildman–Crippen LogP) is 3.42. The topological polar surface area (TPSA) is 26.3 Å². The van der Waals surface area contributed by atoms with E-state index in [1.807, 2.05) is 19.9 Å². The molecule has 0 spiro atoms. The third-order valence-electron chi connectivity index (χ3n) is 2.78. The van der Waals surface area contributed by atoms with Crippen LogP contribution in [0, 0.1) is 13.8 Å². The number of hydrogen-bond acceptors (Lipinski definition) is 2. The molecule has 0 atom stereocenters. The van der Waals surface area contributed by atoms with Crippen LogP contribution in [-0.2, 0) is 0 Å². The van der Waals surface area contributed by atoms with E-state index in [-0.39, 0.29) is 5.78 Å². The molecule has 0 aromatic heterocycles. The molecule has 0 aliphatic carbocycles. The lowest BCUT2D eigenvalue weighted by atomic mass is 9.95. The Morgan fingerprint density at radius 1 is 1.33 bits per heavy atom. The standard InChI is InChI=1S/C12H13BrO2/c1-6-5-8-9(7(2)10(6)13)11(14)12(3,4)15-8/h5H,1-4H3. The molecular weight excluding hydrogens is 256 g/mol. The zero-order valence-corrected chi connectivity index (χ0v) is 10.9. The first-order valence-corrected chi connectivity index (χ1v) is 5.67. The van der Waals surface area contributed by atoms with Crippen LogP contribution in [0.15, 0.2) is 10.5 Å². The minimum atomic E-state index is -0.722. The summed E-state index contributed by atoms with van der Waals surface area (Å²) in [6.45, 7) is 7.55. The Morgan fingerprint density at radius 3 is 2.53 bits per heavy atom. The zero-order chi connectivity index (χ0) is 11.4. The molecule has 80 valence electrons. The number of carbonyl (C=O) groups is 1. The van der Waals surface area contributed by atoms with Gasteiger partial charge in [-0.05, 0) is 44.9 Å². The van der Waals surface area contributed by atoms with Crippen molar-refractivity contribution in [1.29, 1.82) is 0 Å². The molecule has 0 saturated heterocycles. The van der Waals surface area contributed by atoms with Gasteiger partial charge in [-0.2, -0.15) is 0 Å². The van der Waals surface area contributed by atoms with Gasteiger partial charge in [-0.1, -0.05) is 15.9 Å². The molecule has 0 bridgehead atoms. The third kappa shape index (κ3) is 1.41. The fourth-order valence-electron chi connectivity index (χ4n) is 1.91. The summed E-state index contributed by atoms with van der Waals surface area (Å²) in [4.78, 5) is 12.1. The summed E-state index contributed by atoms with van der Waals surface area (Å²) in [6, 6.07) is 1.92. The Balaban J connectivity index is 2.72. The maximum Gasteiger partial charge on any atom is 0.209 e. The fraction of sp³-hybridized carbons (Fsp3) is 0.417. The molecule has 0 saturated carbocycles. The first kappa shape index (κ1) is 10.7. The second-order valence-electron chi connectivity index (χ2n) is 4.45. The first-order chi connectivity index (χ1) is 6.84. The molecule has 2 rings (SSSR count). The monoisotopic (exact) mass is 268 g/mol. The lowest BCUT2D eigenvalue weighted by molar-refractivity contribution is 0.0684. The summed E-state index contributed by atoms with van der Waals surface area (Å²) < 4.78 is 6.65. The molecule has 15 heavy (non-hydrogen) atoms.